The maximum Gasteiger partial charge on any atom is 0.163 e. The van der Waals surface area contributed by atoms with Gasteiger partial charge in [-0.3, -0.25) is 9.59 Å². The monoisotopic (exact) mass is 210 g/mol. The highest BCUT2D eigenvalue weighted by atomic mass is 19.1. The molecular weight excluding hydrogens is 199 g/mol. The van der Waals surface area contributed by atoms with Crippen molar-refractivity contribution >= 4 is 12.1 Å². The van der Waals surface area contributed by atoms with Crippen molar-refractivity contribution in [2.45, 2.75) is 13.8 Å². The van der Waals surface area contributed by atoms with E-state index >= 15 is 0 Å². The van der Waals surface area contributed by atoms with Crippen molar-refractivity contribution in [1.82, 2.24) is 0 Å². The summed E-state index contributed by atoms with van der Waals surface area (Å²) in [5.74, 6) is -0.762. The molecule has 0 heterocycles. The highest BCUT2D eigenvalue weighted by Crippen LogP contribution is 2.23. The molecule has 1 aromatic rings. The first-order chi connectivity index (χ1) is 7.10. The number of halogens is 1. The van der Waals surface area contributed by atoms with E-state index in [1.54, 1.807) is 6.92 Å². The van der Waals surface area contributed by atoms with Crippen molar-refractivity contribution < 1.29 is 18.7 Å². The molecule has 0 bridgehead atoms. The average Bonchev–Trinajstić information content (AvgIpc) is 2.20. The number of carbonyl (C=O) groups is 2. The predicted molar refractivity (Wildman–Crippen MR) is 53.0 cm³/mol. The molecule has 4 heteroatoms. The molecule has 0 unspecified atom stereocenters. The molecule has 1 aromatic carbocycles. The number of hydrogen-bond acceptors (Lipinski definition) is 3. The van der Waals surface area contributed by atoms with E-state index in [2.05, 4.69) is 0 Å². The van der Waals surface area contributed by atoms with Gasteiger partial charge in [0.15, 0.2) is 12.1 Å². The van der Waals surface area contributed by atoms with Gasteiger partial charge in [0.05, 0.1) is 17.7 Å². The third kappa shape index (κ3) is 2.40. The maximum atomic E-state index is 13.2. The highest BCUT2D eigenvalue weighted by Gasteiger charge is 2.13. The third-order valence-corrected chi connectivity index (χ3v) is 1.90. The van der Waals surface area contributed by atoms with Crippen LogP contribution < -0.4 is 4.74 Å². The second kappa shape index (κ2) is 4.68. The maximum absolute atomic E-state index is 13.2. The van der Waals surface area contributed by atoms with Crippen LogP contribution >= 0.6 is 0 Å². The molecule has 0 saturated heterocycles. The van der Waals surface area contributed by atoms with E-state index in [4.69, 9.17) is 4.74 Å². The van der Waals surface area contributed by atoms with Crippen molar-refractivity contribution in [3.05, 3.63) is 29.1 Å². The summed E-state index contributed by atoms with van der Waals surface area (Å²) in [5.41, 5.74) is 0.0448. The van der Waals surface area contributed by atoms with Gasteiger partial charge in [0.1, 0.15) is 11.6 Å². The Hall–Kier alpha value is -1.71. The molecule has 0 N–H and O–H groups in total. The zero-order chi connectivity index (χ0) is 11.4. The molecule has 0 aliphatic heterocycles. The Morgan fingerprint density at radius 2 is 2.20 bits per heavy atom. The number of benzene rings is 1. The van der Waals surface area contributed by atoms with Crippen molar-refractivity contribution in [3.8, 4) is 5.75 Å². The molecule has 0 aliphatic carbocycles. The summed E-state index contributed by atoms with van der Waals surface area (Å²) >= 11 is 0. The predicted octanol–water partition coefficient (Wildman–Crippen LogP) is 2.24. The van der Waals surface area contributed by atoms with Crippen LogP contribution in [-0.2, 0) is 0 Å². The Morgan fingerprint density at radius 1 is 1.53 bits per heavy atom. The van der Waals surface area contributed by atoms with E-state index < -0.39 is 5.82 Å². The number of carbonyl (C=O) groups excluding carboxylic acids is 2. The molecule has 3 nitrogen and oxygen atoms in total. The third-order valence-electron chi connectivity index (χ3n) is 1.90. The Kier molecular flexibility index (Phi) is 3.55. The lowest BCUT2D eigenvalue weighted by molar-refractivity contribution is 0.101. The molecule has 0 radical (unpaired) electrons. The van der Waals surface area contributed by atoms with Crippen LogP contribution in [0.15, 0.2) is 12.1 Å². The van der Waals surface area contributed by atoms with Gasteiger partial charge in [-0.2, -0.15) is 0 Å². The van der Waals surface area contributed by atoms with Gasteiger partial charge in [-0.25, -0.2) is 4.39 Å². The molecule has 1 rings (SSSR count). The molecule has 80 valence electrons. The van der Waals surface area contributed by atoms with E-state index in [0.29, 0.717) is 12.9 Å². The van der Waals surface area contributed by atoms with Gasteiger partial charge in [-0.05, 0) is 26.0 Å². The number of Topliss-reactive ketones (excluding diaryl/α,β-unsaturated/α-hetero) is 1. The van der Waals surface area contributed by atoms with Crippen molar-refractivity contribution in [3.63, 3.8) is 0 Å². The number of hydrogen-bond donors (Lipinski definition) is 0. The number of ether oxygens (including phenoxy) is 1. The normalized spacial score (nSPS) is 9.80. The van der Waals surface area contributed by atoms with Gasteiger partial charge in [0, 0.05) is 0 Å². The fraction of sp³-hybridized carbons (Fsp3) is 0.273. The Morgan fingerprint density at radius 3 is 2.67 bits per heavy atom. The Bertz CT molecular complexity index is 399. The molecule has 0 atom stereocenters. The average molecular weight is 210 g/mol. The number of rotatable bonds is 4. The number of aldehydes is 1. The number of ketones is 1. The second-order valence-corrected chi connectivity index (χ2v) is 2.98. The van der Waals surface area contributed by atoms with Gasteiger partial charge in [0.2, 0.25) is 0 Å². The summed E-state index contributed by atoms with van der Waals surface area (Å²) in [6.45, 7) is 3.41. The fourth-order valence-corrected chi connectivity index (χ4v) is 1.21. The SMILES string of the molecule is CCOc1cc(C=O)c(F)cc1C(C)=O. The van der Waals surface area contributed by atoms with Gasteiger partial charge < -0.3 is 4.74 Å². The summed E-state index contributed by atoms with van der Waals surface area (Å²) in [6.07, 6.45) is 0.391. The van der Waals surface area contributed by atoms with Crippen molar-refractivity contribution in [2.24, 2.45) is 0 Å². The zero-order valence-electron chi connectivity index (χ0n) is 8.54. The first kappa shape index (κ1) is 11.4. The van der Waals surface area contributed by atoms with Gasteiger partial charge >= 0.3 is 0 Å². The second-order valence-electron chi connectivity index (χ2n) is 2.98. The molecule has 0 amide bonds. The van der Waals surface area contributed by atoms with E-state index in [1.165, 1.54) is 13.0 Å². The Balaban J connectivity index is 3.31. The minimum absolute atomic E-state index is 0.108. The van der Waals surface area contributed by atoms with Crippen LogP contribution in [-0.4, -0.2) is 18.7 Å². The first-order valence-electron chi connectivity index (χ1n) is 4.52. The summed E-state index contributed by atoms with van der Waals surface area (Å²) in [6, 6.07) is 2.26. The molecule has 0 spiro atoms. The summed E-state index contributed by atoms with van der Waals surface area (Å²) in [5, 5.41) is 0. The molecule has 15 heavy (non-hydrogen) atoms. The molecule has 0 aromatic heterocycles. The smallest absolute Gasteiger partial charge is 0.163 e. The van der Waals surface area contributed by atoms with E-state index in [9.17, 15) is 14.0 Å². The Labute approximate surface area is 86.9 Å². The standard InChI is InChI=1S/C11H11FO3/c1-3-15-11-4-8(6-13)10(12)5-9(11)7(2)14/h4-6H,3H2,1-2H3. The van der Waals surface area contributed by atoms with Crippen LogP contribution in [0, 0.1) is 5.82 Å². The lowest BCUT2D eigenvalue weighted by Crippen LogP contribution is -2.03. The van der Waals surface area contributed by atoms with Gasteiger partial charge in [-0.1, -0.05) is 0 Å². The van der Waals surface area contributed by atoms with Crippen LogP contribution in [0.5, 0.6) is 5.75 Å². The zero-order valence-corrected chi connectivity index (χ0v) is 8.54. The summed E-state index contributed by atoms with van der Waals surface area (Å²) in [7, 11) is 0. The quantitative estimate of drug-likeness (QED) is 0.565. The molecule has 0 saturated carbocycles. The molecular formula is C11H11FO3. The van der Waals surface area contributed by atoms with Gasteiger partial charge in [0.25, 0.3) is 0 Å². The summed E-state index contributed by atoms with van der Waals surface area (Å²) in [4.78, 5) is 21.6. The van der Waals surface area contributed by atoms with Crippen LogP contribution in [0.4, 0.5) is 4.39 Å². The van der Waals surface area contributed by atoms with Crippen molar-refractivity contribution in [1.29, 1.82) is 0 Å². The van der Waals surface area contributed by atoms with E-state index in [0.717, 1.165) is 6.07 Å². The minimum Gasteiger partial charge on any atom is -0.493 e. The van der Waals surface area contributed by atoms with Crippen molar-refractivity contribution in [2.75, 3.05) is 6.61 Å². The fourth-order valence-electron chi connectivity index (χ4n) is 1.21. The largest absolute Gasteiger partial charge is 0.493 e. The van der Waals surface area contributed by atoms with Gasteiger partial charge in [-0.15, -0.1) is 0 Å². The van der Waals surface area contributed by atoms with E-state index in [-0.39, 0.29) is 22.7 Å². The van der Waals surface area contributed by atoms with Crippen LogP contribution in [0.3, 0.4) is 0 Å². The van der Waals surface area contributed by atoms with Crippen LogP contribution in [0.25, 0.3) is 0 Å². The lowest BCUT2D eigenvalue weighted by atomic mass is 10.1. The first-order valence-corrected chi connectivity index (χ1v) is 4.52. The van der Waals surface area contributed by atoms with E-state index in [1.807, 2.05) is 0 Å². The van der Waals surface area contributed by atoms with Crippen LogP contribution in [0.2, 0.25) is 0 Å². The summed E-state index contributed by atoms with van der Waals surface area (Å²) < 4.78 is 18.3. The molecule has 0 aliphatic rings. The lowest BCUT2D eigenvalue weighted by Gasteiger charge is -2.08. The minimum atomic E-state index is -0.710. The highest BCUT2D eigenvalue weighted by molar-refractivity contribution is 5.97. The van der Waals surface area contributed by atoms with Crippen LogP contribution in [0.1, 0.15) is 34.6 Å². The molecule has 0 fully saturated rings. The topological polar surface area (TPSA) is 43.4 Å².